The van der Waals surface area contributed by atoms with Gasteiger partial charge in [-0.1, -0.05) is 16.7 Å². The minimum Gasteiger partial charge on any atom is -0.490 e. The molecule has 1 aliphatic carbocycles. The number of aromatic nitrogens is 4. The quantitative estimate of drug-likeness (QED) is 0.260. The SMILES string of the molecule is CC(C)N(C(=O)c1cc(F)ccc1Oc1nnc(Cl)c(N2CC3(CC(Oc4ccnc5c4CCN(C(=O)OC(C)(C)C)C5)C3)C2)n1)C(C)C. The molecule has 1 saturated heterocycles. The number of rotatable bonds is 8. The van der Waals surface area contributed by atoms with Crippen LogP contribution >= 0.6 is 11.6 Å². The van der Waals surface area contributed by atoms with E-state index in [0.717, 1.165) is 35.9 Å². The van der Waals surface area contributed by atoms with Gasteiger partial charge in [0.1, 0.15) is 29.0 Å². The molecule has 49 heavy (non-hydrogen) atoms. The van der Waals surface area contributed by atoms with E-state index >= 15 is 0 Å². The van der Waals surface area contributed by atoms with Crippen LogP contribution in [-0.2, 0) is 17.7 Å². The Morgan fingerprint density at radius 2 is 1.78 bits per heavy atom. The van der Waals surface area contributed by atoms with Crippen molar-refractivity contribution in [3.63, 3.8) is 0 Å². The molecule has 1 spiro atoms. The molecule has 6 rings (SSSR count). The maximum atomic E-state index is 14.3. The summed E-state index contributed by atoms with van der Waals surface area (Å²) < 4.78 is 32.2. The molecule has 2 aromatic heterocycles. The molecule has 0 unspecified atom stereocenters. The first-order valence-corrected chi connectivity index (χ1v) is 17.1. The van der Waals surface area contributed by atoms with Gasteiger partial charge in [0.15, 0.2) is 11.0 Å². The topological polar surface area (TPSA) is 123 Å². The molecule has 2 aliphatic heterocycles. The Kier molecular flexibility index (Phi) is 9.33. The fourth-order valence-corrected chi connectivity index (χ4v) is 7.15. The van der Waals surface area contributed by atoms with Crippen LogP contribution in [-0.4, -0.2) is 85.4 Å². The first kappa shape index (κ1) is 34.6. The fraction of sp³-hybridized carbons (Fsp3) is 0.543. The van der Waals surface area contributed by atoms with Crippen molar-refractivity contribution in [1.82, 2.24) is 30.0 Å². The van der Waals surface area contributed by atoms with Crippen molar-refractivity contribution in [2.75, 3.05) is 24.5 Å². The Morgan fingerprint density at radius 3 is 2.45 bits per heavy atom. The second kappa shape index (κ2) is 13.2. The molecule has 262 valence electrons. The van der Waals surface area contributed by atoms with Crippen LogP contribution in [0.3, 0.4) is 0 Å². The van der Waals surface area contributed by atoms with Crippen LogP contribution < -0.4 is 14.4 Å². The summed E-state index contributed by atoms with van der Waals surface area (Å²) in [4.78, 5) is 40.5. The highest BCUT2D eigenvalue weighted by Crippen LogP contribution is 2.51. The number of carbonyl (C=O) groups is 2. The molecule has 14 heteroatoms. The summed E-state index contributed by atoms with van der Waals surface area (Å²) >= 11 is 6.43. The Hall–Kier alpha value is -4.26. The van der Waals surface area contributed by atoms with Crippen molar-refractivity contribution in [1.29, 1.82) is 0 Å². The van der Waals surface area contributed by atoms with Gasteiger partial charge in [-0.15, -0.1) is 5.10 Å². The number of pyridine rings is 1. The van der Waals surface area contributed by atoms with E-state index in [-0.39, 0.29) is 58.1 Å². The van der Waals surface area contributed by atoms with Crippen LogP contribution in [0.15, 0.2) is 30.5 Å². The third-order valence-electron chi connectivity index (χ3n) is 9.02. The van der Waals surface area contributed by atoms with Crippen LogP contribution in [0.2, 0.25) is 5.15 Å². The number of hydrogen-bond donors (Lipinski definition) is 0. The molecule has 1 aromatic carbocycles. The molecule has 0 atom stereocenters. The number of nitrogens with zero attached hydrogens (tertiary/aromatic N) is 7. The lowest BCUT2D eigenvalue weighted by Gasteiger charge is -2.58. The Balaban J connectivity index is 1.07. The maximum Gasteiger partial charge on any atom is 0.410 e. The van der Waals surface area contributed by atoms with Gasteiger partial charge in [0.2, 0.25) is 0 Å². The standard InChI is InChI=1S/C35H43ClFN7O5/c1-20(2)44(21(3)4)31(45)25-14-22(37)8-9-27(25)48-32-39-30(29(36)40-41-32)43-18-35(19-43)15-23(16-35)47-28-10-12-38-26-17-42(13-11-24(26)28)33(46)49-34(5,6)7/h8-10,12,14,20-21,23H,11,13,15-19H2,1-7H3. The molecule has 0 radical (unpaired) electrons. The van der Waals surface area contributed by atoms with Crippen molar-refractivity contribution < 1.29 is 28.2 Å². The smallest absolute Gasteiger partial charge is 0.410 e. The van der Waals surface area contributed by atoms with Crippen LogP contribution in [0.25, 0.3) is 0 Å². The third kappa shape index (κ3) is 7.36. The zero-order chi connectivity index (χ0) is 35.2. The third-order valence-corrected chi connectivity index (χ3v) is 9.27. The minimum absolute atomic E-state index is 0.0566. The van der Waals surface area contributed by atoms with Gasteiger partial charge in [0.05, 0.1) is 17.8 Å². The molecule has 3 aliphatic rings. The zero-order valence-electron chi connectivity index (χ0n) is 29.0. The summed E-state index contributed by atoms with van der Waals surface area (Å²) in [5.41, 5.74) is 1.45. The molecule has 2 fully saturated rings. The molecule has 12 nitrogen and oxygen atoms in total. The van der Waals surface area contributed by atoms with E-state index in [1.54, 1.807) is 16.0 Å². The highest BCUT2D eigenvalue weighted by atomic mass is 35.5. The van der Waals surface area contributed by atoms with E-state index in [9.17, 15) is 14.0 Å². The first-order valence-electron chi connectivity index (χ1n) is 16.7. The van der Waals surface area contributed by atoms with Gasteiger partial charge < -0.3 is 28.9 Å². The second-order valence-electron chi connectivity index (χ2n) is 14.7. The summed E-state index contributed by atoms with van der Waals surface area (Å²) in [6.45, 7) is 15.5. The van der Waals surface area contributed by atoms with E-state index in [2.05, 4.69) is 20.2 Å². The Bertz CT molecular complexity index is 1730. The molecule has 3 aromatic rings. The summed E-state index contributed by atoms with van der Waals surface area (Å²) in [5.74, 6) is 0.464. The number of fused-ring (bicyclic) bond motifs is 1. The van der Waals surface area contributed by atoms with Crippen molar-refractivity contribution >= 4 is 29.4 Å². The van der Waals surface area contributed by atoms with Crippen LogP contribution in [0.1, 0.15) is 82.9 Å². The summed E-state index contributed by atoms with van der Waals surface area (Å²) in [7, 11) is 0. The van der Waals surface area contributed by atoms with E-state index in [1.165, 1.54) is 12.1 Å². The van der Waals surface area contributed by atoms with E-state index in [1.807, 2.05) is 59.4 Å². The second-order valence-corrected chi connectivity index (χ2v) is 15.1. The number of benzene rings is 1. The molecule has 0 bridgehead atoms. The minimum atomic E-state index is -0.558. The van der Waals surface area contributed by atoms with Gasteiger partial charge in [-0.05, 0) is 92.0 Å². The van der Waals surface area contributed by atoms with Gasteiger partial charge in [0.25, 0.3) is 5.91 Å². The average molecular weight is 696 g/mol. The fourth-order valence-electron chi connectivity index (χ4n) is 6.96. The van der Waals surface area contributed by atoms with Crippen molar-refractivity contribution in [3.05, 3.63) is 58.3 Å². The lowest BCUT2D eigenvalue weighted by Crippen LogP contribution is -2.65. The van der Waals surface area contributed by atoms with Crippen molar-refractivity contribution in [2.24, 2.45) is 5.41 Å². The van der Waals surface area contributed by atoms with Crippen molar-refractivity contribution in [3.8, 4) is 17.5 Å². The lowest BCUT2D eigenvalue weighted by molar-refractivity contribution is -0.0351. The highest BCUT2D eigenvalue weighted by Gasteiger charge is 2.54. The first-order chi connectivity index (χ1) is 23.1. The number of ether oxygens (including phenoxy) is 3. The van der Waals surface area contributed by atoms with Gasteiger partial charge in [-0.2, -0.15) is 4.98 Å². The van der Waals surface area contributed by atoms with Gasteiger partial charge in [-0.3, -0.25) is 9.78 Å². The van der Waals surface area contributed by atoms with Crippen LogP contribution in [0.5, 0.6) is 17.5 Å². The summed E-state index contributed by atoms with van der Waals surface area (Å²) in [5, 5.41) is 8.18. The highest BCUT2D eigenvalue weighted by molar-refractivity contribution is 6.31. The monoisotopic (exact) mass is 695 g/mol. The van der Waals surface area contributed by atoms with E-state index in [4.69, 9.17) is 25.8 Å². The maximum absolute atomic E-state index is 14.3. The molecule has 1 saturated carbocycles. The predicted octanol–water partition coefficient (Wildman–Crippen LogP) is 6.45. The van der Waals surface area contributed by atoms with Gasteiger partial charge >= 0.3 is 12.1 Å². The largest absolute Gasteiger partial charge is 0.490 e. The molecule has 0 N–H and O–H groups in total. The molecular formula is C35H43ClFN7O5. The number of hydrogen-bond acceptors (Lipinski definition) is 10. The summed E-state index contributed by atoms with van der Waals surface area (Å²) in [6, 6.07) is 5.37. The summed E-state index contributed by atoms with van der Waals surface area (Å²) in [6.07, 6.45) is 3.83. The average Bonchev–Trinajstić information content (AvgIpc) is 2.98. The van der Waals surface area contributed by atoms with Gasteiger partial charge in [-0.25, -0.2) is 9.18 Å². The number of halogens is 2. The van der Waals surface area contributed by atoms with Crippen LogP contribution in [0.4, 0.5) is 15.0 Å². The van der Waals surface area contributed by atoms with E-state index < -0.39 is 11.4 Å². The van der Waals surface area contributed by atoms with E-state index in [0.29, 0.717) is 38.4 Å². The lowest BCUT2D eigenvalue weighted by atomic mass is 9.61. The predicted molar refractivity (Wildman–Crippen MR) is 181 cm³/mol. The normalized spacial score (nSPS) is 17.0. The number of amides is 2. The number of anilines is 1. The molecular weight excluding hydrogens is 653 g/mol. The van der Waals surface area contributed by atoms with Crippen LogP contribution in [0, 0.1) is 11.2 Å². The zero-order valence-corrected chi connectivity index (χ0v) is 29.8. The van der Waals surface area contributed by atoms with Gasteiger partial charge in [0, 0.05) is 48.9 Å². The molecule has 4 heterocycles. The molecule has 2 amide bonds. The van der Waals surface area contributed by atoms with Crippen molar-refractivity contribution in [2.45, 2.75) is 98.1 Å². The number of carbonyl (C=O) groups excluding carboxylic acids is 2. The Morgan fingerprint density at radius 1 is 1.06 bits per heavy atom. The Labute approximate surface area is 290 Å².